The molecule has 0 aromatic heterocycles. The van der Waals surface area contributed by atoms with E-state index in [9.17, 15) is 23.5 Å². The predicted octanol–water partition coefficient (Wildman–Crippen LogP) is 5.19. The van der Waals surface area contributed by atoms with Crippen molar-refractivity contribution < 1.29 is 33.3 Å². The molecule has 7 heteroatoms. The largest absolute Gasteiger partial charge is 0.481 e. The SMILES string of the molecule is CC[C@H](C)CC(F)(F)[C@@]1(O)CCC([C@H](C)CCCCCCC(=O)O)C(CC=O)O1. The van der Waals surface area contributed by atoms with E-state index in [-0.39, 0.29) is 37.0 Å². The second kappa shape index (κ2) is 11.9. The van der Waals surface area contributed by atoms with Gasteiger partial charge < -0.3 is 19.7 Å². The lowest BCUT2D eigenvalue weighted by Crippen LogP contribution is -2.57. The number of hydrogen-bond donors (Lipinski definition) is 2. The molecule has 0 aliphatic carbocycles. The van der Waals surface area contributed by atoms with Crippen LogP contribution in [0.2, 0.25) is 0 Å². The molecule has 1 aliphatic rings. The first-order valence-corrected chi connectivity index (χ1v) is 11.0. The van der Waals surface area contributed by atoms with Gasteiger partial charge in [0.05, 0.1) is 6.10 Å². The Balaban J connectivity index is 2.63. The molecule has 0 aromatic carbocycles. The summed E-state index contributed by atoms with van der Waals surface area (Å²) in [7, 11) is 0. The van der Waals surface area contributed by atoms with Crippen molar-refractivity contribution in [3.8, 4) is 0 Å². The number of aliphatic carboxylic acids is 1. The number of carbonyl (C=O) groups excluding carboxylic acids is 1. The summed E-state index contributed by atoms with van der Waals surface area (Å²) in [6, 6.07) is 0. The standard InChI is InChI=1S/C22H38F2O5/c1-4-16(2)15-21(23,24)22(28)13-11-18(19(29-22)12-14-25)17(3)9-7-5-6-8-10-20(26)27/h14,16-19,28H,4-13,15H2,1-3H3,(H,26,27)/t16-,17+,18?,19?,22+/m0/s1. The summed E-state index contributed by atoms with van der Waals surface area (Å²) in [5.74, 6) is -6.78. The van der Waals surface area contributed by atoms with E-state index < -0.39 is 30.2 Å². The van der Waals surface area contributed by atoms with Crippen molar-refractivity contribution in [3.05, 3.63) is 0 Å². The van der Waals surface area contributed by atoms with Crippen molar-refractivity contribution in [2.75, 3.05) is 0 Å². The van der Waals surface area contributed by atoms with Gasteiger partial charge in [0.15, 0.2) is 0 Å². The van der Waals surface area contributed by atoms with Gasteiger partial charge in [-0.05, 0) is 30.6 Å². The summed E-state index contributed by atoms with van der Waals surface area (Å²) >= 11 is 0. The zero-order valence-corrected chi connectivity index (χ0v) is 18.0. The Labute approximate surface area is 173 Å². The first kappa shape index (κ1) is 26.0. The van der Waals surface area contributed by atoms with E-state index in [1.54, 1.807) is 6.92 Å². The normalized spacial score (nSPS) is 27.4. The van der Waals surface area contributed by atoms with E-state index in [4.69, 9.17) is 9.84 Å². The third-order valence-electron chi connectivity index (χ3n) is 6.37. The monoisotopic (exact) mass is 420 g/mol. The Hall–Kier alpha value is -1.08. The van der Waals surface area contributed by atoms with Crippen molar-refractivity contribution in [1.29, 1.82) is 0 Å². The van der Waals surface area contributed by atoms with Gasteiger partial charge in [-0.2, -0.15) is 0 Å². The topological polar surface area (TPSA) is 83.8 Å². The number of unbranched alkanes of at least 4 members (excludes halogenated alkanes) is 3. The molecule has 170 valence electrons. The van der Waals surface area contributed by atoms with Crippen LogP contribution in [0.15, 0.2) is 0 Å². The lowest BCUT2D eigenvalue weighted by atomic mass is 9.76. The minimum atomic E-state index is -3.36. The summed E-state index contributed by atoms with van der Waals surface area (Å²) in [5.41, 5.74) is 0. The van der Waals surface area contributed by atoms with Gasteiger partial charge >= 0.3 is 11.9 Å². The van der Waals surface area contributed by atoms with Crippen molar-refractivity contribution in [2.24, 2.45) is 17.8 Å². The summed E-state index contributed by atoms with van der Waals surface area (Å²) in [6.07, 6.45) is 4.74. The zero-order valence-electron chi connectivity index (χ0n) is 18.0. The van der Waals surface area contributed by atoms with Gasteiger partial charge in [0, 0.05) is 25.7 Å². The van der Waals surface area contributed by atoms with E-state index in [0.717, 1.165) is 25.7 Å². The molecule has 1 rings (SSSR count). The van der Waals surface area contributed by atoms with Crippen molar-refractivity contribution in [1.82, 2.24) is 0 Å². The molecule has 0 bridgehead atoms. The molecule has 2 N–H and O–H groups in total. The van der Waals surface area contributed by atoms with Crippen molar-refractivity contribution in [3.63, 3.8) is 0 Å². The van der Waals surface area contributed by atoms with Crippen molar-refractivity contribution in [2.45, 2.75) is 109 Å². The quantitative estimate of drug-likeness (QED) is 0.298. The lowest BCUT2D eigenvalue weighted by molar-refractivity contribution is -0.361. The average molecular weight is 421 g/mol. The number of hydrogen-bond acceptors (Lipinski definition) is 4. The molecular weight excluding hydrogens is 382 g/mol. The van der Waals surface area contributed by atoms with Gasteiger partial charge in [0.1, 0.15) is 6.29 Å². The maximum Gasteiger partial charge on any atom is 0.303 e. The van der Waals surface area contributed by atoms with Crippen molar-refractivity contribution >= 4 is 12.3 Å². The van der Waals surface area contributed by atoms with Gasteiger partial charge in [-0.25, -0.2) is 8.78 Å². The van der Waals surface area contributed by atoms with Gasteiger partial charge in [0.2, 0.25) is 5.79 Å². The predicted molar refractivity (Wildman–Crippen MR) is 107 cm³/mol. The molecule has 1 fully saturated rings. The fraction of sp³-hybridized carbons (Fsp3) is 0.909. The molecule has 0 saturated carbocycles. The van der Waals surface area contributed by atoms with Crippen LogP contribution in [-0.4, -0.2) is 40.3 Å². The Morgan fingerprint density at radius 1 is 1.28 bits per heavy atom. The summed E-state index contributed by atoms with van der Waals surface area (Å²) < 4.78 is 35.0. The third kappa shape index (κ3) is 7.93. The summed E-state index contributed by atoms with van der Waals surface area (Å²) in [4.78, 5) is 21.6. The molecule has 5 nitrogen and oxygen atoms in total. The minimum absolute atomic E-state index is 0.00462. The van der Waals surface area contributed by atoms with Crippen LogP contribution in [0.4, 0.5) is 8.78 Å². The van der Waals surface area contributed by atoms with E-state index in [0.29, 0.717) is 25.5 Å². The Kier molecular flexibility index (Phi) is 10.7. The first-order valence-electron chi connectivity index (χ1n) is 11.0. The number of carbonyl (C=O) groups is 2. The number of ether oxygens (including phenoxy) is 1. The number of carboxylic acids is 1. The van der Waals surface area contributed by atoms with Crippen LogP contribution < -0.4 is 0 Å². The van der Waals surface area contributed by atoms with Crippen LogP contribution in [0.1, 0.15) is 91.4 Å². The highest BCUT2D eigenvalue weighted by Crippen LogP contribution is 2.47. The molecule has 1 saturated heterocycles. The maximum atomic E-state index is 14.7. The molecule has 0 spiro atoms. The number of carboxylic acid groups (broad SMARTS) is 1. The van der Waals surface area contributed by atoms with E-state index in [2.05, 4.69) is 0 Å². The second-order valence-electron chi connectivity index (χ2n) is 8.79. The molecular formula is C22H38F2O5. The molecule has 0 radical (unpaired) electrons. The van der Waals surface area contributed by atoms with Gasteiger partial charge in [-0.15, -0.1) is 0 Å². The van der Waals surface area contributed by atoms with Crippen LogP contribution in [0.5, 0.6) is 0 Å². The summed E-state index contributed by atoms with van der Waals surface area (Å²) in [6.45, 7) is 5.59. The number of aliphatic hydroxyl groups is 1. The fourth-order valence-corrected chi connectivity index (χ4v) is 4.23. The molecule has 1 aliphatic heterocycles. The van der Waals surface area contributed by atoms with E-state index in [1.165, 1.54) is 0 Å². The number of alkyl halides is 2. The molecule has 29 heavy (non-hydrogen) atoms. The number of halogens is 2. The Morgan fingerprint density at radius 3 is 2.52 bits per heavy atom. The highest BCUT2D eigenvalue weighted by molar-refractivity contribution is 5.66. The minimum Gasteiger partial charge on any atom is -0.481 e. The lowest BCUT2D eigenvalue weighted by Gasteiger charge is -2.46. The van der Waals surface area contributed by atoms with Gasteiger partial charge in [0.25, 0.3) is 0 Å². The van der Waals surface area contributed by atoms with Crippen LogP contribution in [-0.2, 0) is 14.3 Å². The first-order chi connectivity index (χ1) is 13.6. The van der Waals surface area contributed by atoms with Crippen LogP contribution >= 0.6 is 0 Å². The van der Waals surface area contributed by atoms with Gasteiger partial charge in [-0.3, -0.25) is 4.79 Å². The van der Waals surface area contributed by atoms with Crippen LogP contribution in [0.25, 0.3) is 0 Å². The maximum absolute atomic E-state index is 14.7. The second-order valence-corrected chi connectivity index (χ2v) is 8.79. The molecule has 0 amide bonds. The number of rotatable bonds is 14. The van der Waals surface area contributed by atoms with E-state index in [1.807, 2.05) is 13.8 Å². The highest BCUT2D eigenvalue weighted by Gasteiger charge is 2.58. The number of aldehydes is 1. The Morgan fingerprint density at radius 2 is 1.93 bits per heavy atom. The van der Waals surface area contributed by atoms with E-state index >= 15 is 0 Å². The third-order valence-corrected chi connectivity index (χ3v) is 6.37. The van der Waals surface area contributed by atoms with Crippen LogP contribution in [0.3, 0.4) is 0 Å². The average Bonchev–Trinajstić information content (AvgIpc) is 2.64. The highest BCUT2D eigenvalue weighted by atomic mass is 19.3. The summed E-state index contributed by atoms with van der Waals surface area (Å²) in [5, 5.41) is 19.3. The molecule has 0 aromatic rings. The molecule has 5 atom stereocenters. The van der Waals surface area contributed by atoms with Crippen LogP contribution in [0, 0.1) is 17.8 Å². The Bertz CT molecular complexity index is 513. The zero-order chi connectivity index (χ0) is 22.1. The smallest absolute Gasteiger partial charge is 0.303 e. The molecule has 1 heterocycles. The molecule has 2 unspecified atom stereocenters. The fourth-order valence-electron chi connectivity index (χ4n) is 4.23. The van der Waals surface area contributed by atoms with Gasteiger partial charge in [-0.1, -0.05) is 52.9 Å².